The Hall–Kier alpha value is -1.67. The largest absolute Gasteiger partial charge is 0.382 e. The number of rotatable bonds is 1. The molecule has 2 rings (SSSR count). The fourth-order valence-corrected chi connectivity index (χ4v) is 2.03. The number of hydrogen-bond donors (Lipinski definition) is 0. The highest BCUT2D eigenvalue weighted by atomic mass is 19.4. The molecular formula is C12H6F8O. The molecule has 1 aromatic rings. The molecule has 0 aromatic heterocycles. The number of halogens is 8. The number of carbonyl (C=O) groups excluding carboxylic acids is 1. The molecule has 0 aliphatic heterocycles. The molecule has 0 spiro atoms. The number of fused-ring (bicyclic) bond motifs is 1. The second kappa shape index (κ2) is 3.95. The molecule has 0 radical (unpaired) electrons. The average Bonchev–Trinajstić information content (AvgIpc) is 2.35. The maximum Gasteiger partial charge on any atom is 0.382 e. The molecule has 1 nitrogen and oxygen atoms in total. The molecule has 0 N–H and O–H groups in total. The number of benzene rings is 1. The van der Waals surface area contributed by atoms with Crippen LogP contribution in [0, 0.1) is 0 Å². The molecule has 0 atom stereocenters. The highest BCUT2D eigenvalue weighted by Crippen LogP contribution is 2.64. The van der Waals surface area contributed by atoms with Crippen molar-refractivity contribution in [3.05, 3.63) is 34.9 Å². The third kappa shape index (κ3) is 1.66. The lowest BCUT2D eigenvalue weighted by Crippen LogP contribution is -2.63. The van der Waals surface area contributed by atoms with Crippen LogP contribution in [-0.2, 0) is 11.8 Å². The van der Waals surface area contributed by atoms with Crippen LogP contribution in [0.15, 0.2) is 18.2 Å². The Kier molecular flexibility index (Phi) is 2.96. The van der Waals surface area contributed by atoms with Crippen LogP contribution in [0.2, 0.25) is 0 Å². The number of alkyl halides is 8. The van der Waals surface area contributed by atoms with Crippen LogP contribution >= 0.6 is 0 Å². The molecule has 21 heavy (non-hydrogen) atoms. The van der Waals surface area contributed by atoms with E-state index in [1.54, 1.807) is 0 Å². The van der Waals surface area contributed by atoms with Gasteiger partial charge in [0, 0.05) is 16.7 Å². The summed E-state index contributed by atoms with van der Waals surface area (Å²) in [6.07, 6.45) is 0. The quantitative estimate of drug-likeness (QED) is 0.555. The van der Waals surface area contributed by atoms with Crippen molar-refractivity contribution >= 4 is 5.78 Å². The van der Waals surface area contributed by atoms with Crippen LogP contribution in [0.5, 0.6) is 0 Å². The predicted octanol–water partition coefficient (Wildman–Crippen LogP) is 4.36. The van der Waals surface area contributed by atoms with Gasteiger partial charge < -0.3 is 0 Å². The lowest BCUT2D eigenvalue weighted by molar-refractivity contribution is -0.386. The number of ketones is 1. The summed E-state index contributed by atoms with van der Waals surface area (Å²) in [5.41, 5.74) is -4.46. The highest BCUT2D eigenvalue weighted by Gasteiger charge is 2.85. The predicted molar refractivity (Wildman–Crippen MR) is 54.1 cm³/mol. The molecular weight excluding hydrogens is 312 g/mol. The van der Waals surface area contributed by atoms with Crippen LogP contribution < -0.4 is 0 Å². The van der Waals surface area contributed by atoms with Gasteiger partial charge in [-0.1, -0.05) is 12.1 Å². The van der Waals surface area contributed by atoms with Gasteiger partial charge in [-0.3, -0.25) is 4.79 Å². The molecule has 0 bridgehead atoms. The van der Waals surface area contributed by atoms with E-state index >= 15 is 0 Å². The Morgan fingerprint density at radius 1 is 0.810 bits per heavy atom. The minimum absolute atomic E-state index is 0.0920. The van der Waals surface area contributed by atoms with Gasteiger partial charge in [-0.25, -0.2) is 0 Å². The monoisotopic (exact) mass is 318 g/mol. The Balaban J connectivity index is 2.87. The van der Waals surface area contributed by atoms with Crippen LogP contribution in [0.1, 0.15) is 28.4 Å². The maximum absolute atomic E-state index is 13.6. The van der Waals surface area contributed by atoms with E-state index < -0.39 is 46.2 Å². The summed E-state index contributed by atoms with van der Waals surface area (Å²) < 4.78 is 107. The molecule has 0 saturated carbocycles. The normalized spacial score (nSPS) is 24.2. The minimum atomic E-state index is -6.30. The third-order valence-electron chi connectivity index (χ3n) is 3.29. The fourth-order valence-electron chi connectivity index (χ4n) is 2.03. The van der Waals surface area contributed by atoms with Crippen molar-refractivity contribution in [2.24, 2.45) is 0 Å². The van der Waals surface area contributed by atoms with E-state index in [2.05, 4.69) is 0 Å². The van der Waals surface area contributed by atoms with E-state index in [1.807, 2.05) is 0 Å². The van der Waals surface area contributed by atoms with Crippen LogP contribution in [-0.4, -0.2) is 17.6 Å². The summed E-state index contributed by atoms with van der Waals surface area (Å²) >= 11 is 0. The van der Waals surface area contributed by atoms with E-state index in [0.29, 0.717) is 6.07 Å². The summed E-state index contributed by atoms with van der Waals surface area (Å²) in [6, 6.07) is 0.836. The van der Waals surface area contributed by atoms with Gasteiger partial charge in [0.1, 0.15) is 0 Å². The van der Waals surface area contributed by atoms with Crippen molar-refractivity contribution in [3.8, 4) is 0 Å². The molecule has 9 heteroatoms. The molecule has 0 unspecified atom stereocenters. The standard InChI is InChI=1S/C12H6F8O/c1-5(21)6-2-3-7-8(4-6)10(15,16)12(19,20)11(17,18)9(7,13)14/h2-4H,1H3. The van der Waals surface area contributed by atoms with Gasteiger partial charge in [-0.15, -0.1) is 0 Å². The van der Waals surface area contributed by atoms with Crippen molar-refractivity contribution in [3.63, 3.8) is 0 Å². The number of carbonyl (C=O) groups is 1. The molecule has 1 aliphatic rings. The molecule has 0 saturated heterocycles. The van der Waals surface area contributed by atoms with Crippen molar-refractivity contribution in [1.82, 2.24) is 0 Å². The molecule has 0 amide bonds. The summed E-state index contributed by atoms with van der Waals surface area (Å²) in [4.78, 5) is 11.0. The molecule has 116 valence electrons. The zero-order valence-corrected chi connectivity index (χ0v) is 10.2. The zero-order chi connectivity index (χ0) is 16.4. The van der Waals surface area contributed by atoms with Crippen molar-refractivity contribution in [1.29, 1.82) is 0 Å². The Morgan fingerprint density at radius 3 is 1.67 bits per heavy atom. The molecule has 1 aromatic carbocycles. The second-order valence-electron chi connectivity index (χ2n) is 4.61. The smallest absolute Gasteiger partial charge is 0.295 e. The average molecular weight is 318 g/mol. The minimum Gasteiger partial charge on any atom is -0.295 e. The topological polar surface area (TPSA) is 17.1 Å². The number of Topliss-reactive ketones (excluding diaryl/α,β-unsaturated/α-hetero) is 1. The van der Waals surface area contributed by atoms with Crippen LogP contribution in [0.3, 0.4) is 0 Å². The Bertz CT molecular complexity index is 620. The van der Waals surface area contributed by atoms with Crippen LogP contribution in [0.4, 0.5) is 35.1 Å². The van der Waals surface area contributed by atoms with Gasteiger partial charge in [0.2, 0.25) is 0 Å². The lowest BCUT2D eigenvalue weighted by atomic mass is 9.79. The first-order valence-electron chi connectivity index (χ1n) is 5.45. The summed E-state index contributed by atoms with van der Waals surface area (Å²) in [5, 5.41) is 0. The fraction of sp³-hybridized carbons (Fsp3) is 0.417. The lowest BCUT2D eigenvalue weighted by Gasteiger charge is -2.42. The van der Waals surface area contributed by atoms with Gasteiger partial charge in [0.05, 0.1) is 0 Å². The van der Waals surface area contributed by atoms with E-state index in [-0.39, 0.29) is 12.1 Å². The van der Waals surface area contributed by atoms with Gasteiger partial charge in [0.15, 0.2) is 5.78 Å². The highest BCUT2D eigenvalue weighted by molar-refractivity contribution is 5.94. The van der Waals surface area contributed by atoms with Gasteiger partial charge >= 0.3 is 23.7 Å². The van der Waals surface area contributed by atoms with E-state index in [0.717, 1.165) is 6.92 Å². The van der Waals surface area contributed by atoms with Crippen molar-refractivity contribution < 1.29 is 39.9 Å². The van der Waals surface area contributed by atoms with Gasteiger partial charge in [-0.05, 0) is 13.0 Å². The molecule has 1 aliphatic carbocycles. The van der Waals surface area contributed by atoms with Gasteiger partial charge in [0.25, 0.3) is 0 Å². The maximum atomic E-state index is 13.6. The number of hydrogen-bond acceptors (Lipinski definition) is 1. The first-order valence-corrected chi connectivity index (χ1v) is 5.45. The van der Waals surface area contributed by atoms with Crippen molar-refractivity contribution in [2.75, 3.05) is 0 Å². The second-order valence-corrected chi connectivity index (χ2v) is 4.61. The Labute approximate surface area is 112 Å². The van der Waals surface area contributed by atoms with E-state index in [4.69, 9.17) is 0 Å². The van der Waals surface area contributed by atoms with Crippen molar-refractivity contribution in [2.45, 2.75) is 30.6 Å². The summed E-state index contributed by atoms with van der Waals surface area (Å²) in [7, 11) is 0. The third-order valence-corrected chi connectivity index (χ3v) is 3.29. The first-order chi connectivity index (χ1) is 9.28. The van der Waals surface area contributed by atoms with Crippen LogP contribution in [0.25, 0.3) is 0 Å². The first kappa shape index (κ1) is 15.7. The van der Waals surface area contributed by atoms with E-state index in [1.165, 1.54) is 0 Å². The SMILES string of the molecule is CC(=O)c1ccc2c(c1)C(F)(F)C(F)(F)C(F)(F)C2(F)F. The summed E-state index contributed by atoms with van der Waals surface area (Å²) in [5.74, 6) is -24.5. The Morgan fingerprint density at radius 2 is 1.24 bits per heavy atom. The zero-order valence-electron chi connectivity index (χ0n) is 10.2. The van der Waals surface area contributed by atoms with Gasteiger partial charge in [-0.2, -0.15) is 35.1 Å². The van der Waals surface area contributed by atoms with E-state index in [9.17, 15) is 39.9 Å². The summed E-state index contributed by atoms with van der Waals surface area (Å²) in [6.45, 7) is 0.883. The molecule has 0 heterocycles. The molecule has 0 fully saturated rings.